The molecule has 130 valence electrons. The van der Waals surface area contributed by atoms with Crippen LogP contribution < -0.4 is 5.32 Å². The quantitative estimate of drug-likeness (QED) is 0.452. The van der Waals surface area contributed by atoms with Gasteiger partial charge >= 0.3 is 0 Å². The minimum Gasteiger partial charge on any atom is -0.384 e. The molecular formula is C18H30IN3O. The topological polar surface area (TPSA) is 36.9 Å². The van der Waals surface area contributed by atoms with Gasteiger partial charge in [0.05, 0.1) is 6.61 Å². The molecule has 1 N–H and O–H groups in total. The molecule has 0 bridgehead atoms. The summed E-state index contributed by atoms with van der Waals surface area (Å²) in [5.41, 5.74) is 5.39. The molecule has 1 unspecified atom stereocenters. The van der Waals surface area contributed by atoms with Gasteiger partial charge in [0.15, 0.2) is 5.96 Å². The SMILES string of the molecule is CN=C(NCc1c(C)cc(C)cc1C)N1CCC(COC)C1.I. The number of hydrogen-bond acceptors (Lipinski definition) is 2. The van der Waals surface area contributed by atoms with Gasteiger partial charge in [0.25, 0.3) is 0 Å². The van der Waals surface area contributed by atoms with Crippen molar-refractivity contribution < 1.29 is 4.74 Å². The number of hydrogen-bond donors (Lipinski definition) is 1. The standard InChI is InChI=1S/C18H29N3O.HI/c1-13-8-14(2)17(15(3)9-13)10-20-18(19-4)21-7-6-16(11-21)12-22-5;/h8-9,16H,6-7,10-12H2,1-5H3,(H,19,20);1H. The average molecular weight is 431 g/mol. The summed E-state index contributed by atoms with van der Waals surface area (Å²) in [6.07, 6.45) is 1.18. The van der Waals surface area contributed by atoms with Crippen LogP contribution in [0.5, 0.6) is 0 Å². The molecule has 0 radical (unpaired) electrons. The predicted molar refractivity (Wildman–Crippen MR) is 108 cm³/mol. The first kappa shape index (κ1) is 20.2. The van der Waals surface area contributed by atoms with Crippen molar-refractivity contribution in [1.29, 1.82) is 0 Å². The predicted octanol–water partition coefficient (Wildman–Crippen LogP) is 3.27. The number of nitrogens with zero attached hydrogens (tertiary/aromatic N) is 2. The fourth-order valence-corrected chi connectivity index (χ4v) is 3.39. The van der Waals surface area contributed by atoms with E-state index in [0.717, 1.165) is 32.2 Å². The Morgan fingerprint density at radius 2 is 1.96 bits per heavy atom. The van der Waals surface area contributed by atoms with Gasteiger partial charge in [0.1, 0.15) is 0 Å². The second-order valence-electron chi connectivity index (χ2n) is 6.33. The van der Waals surface area contributed by atoms with E-state index in [4.69, 9.17) is 4.74 Å². The minimum atomic E-state index is 0. The van der Waals surface area contributed by atoms with Crippen LogP contribution in [0.1, 0.15) is 28.7 Å². The summed E-state index contributed by atoms with van der Waals surface area (Å²) in [6, 6.07) is 4.49. The molecular weight excluding hydrogens is 401 g/mol. The Balaban J connectivity index is 0.00000264. The lowest BCUT2D eigenvalue weighted by Crippen LogP contribution is -2.40. The van der Waals surface area contributed by atoms with Crippen molar-refractivity contribution >= 4 is 29.9 Å². The number of rotatable bonds is 4. The van der Waals surface area contributed by atoms with Crippen molar-refractivity contribution in [3.8, 4) is 0 Å². The highest BCUT2D eigenvalue weighted by Crippen LogP contribution is 2.18. The van der Waals surface area contributed by atoms with E-state index >= 15 is 0 Å². The van der Waals surface area contributed by atoms with Crippen LogP contribution in [0.3, 0.4) is 0 Å². The highest BCUT2D eigenvalue weighted by Gasteiger charge is 2.24. The Morgan fingerprint density at radius 1 is 1.30 bits per heavy atom. The van der Waals surface area contributed by atoms with Gasteiger partial charge in [0.2, 0.25) is 0 Å². The lowest BCUT2D eigenvalue weighted by Gasteiger charge is -2.22. The first-order chi connectivity index (χ1) is 10.5. The van der Waals surface area contributed by atoms with Crippen LogP contribution in [0.25, 0.3) is 0 Å². The molecule has 1 atom stereocenters. The van der Waals surface area contributed by atoms with Crippen molar-refractivity contribution in [3.63, 3.8) is 0 Å². The van der Waals surface area contributed by atoms with Crippen LogP contribution in [-0.4, -0.2) is 44.7 Å². The second kappa shape index (κ2) is 9.47. The van der Waals surface area contributed by atoms with E-state index in [0.29, 0.717) is 5.92 Å². The molecule has 5 heteroatoms. The smallest absolute Gasteiger partial charge is 0.193 e. The first-order valence-electron chi connectivity index (χ1n) is 8.06. The van der Waals surface area contributed by atoms with Gasteiger partial charge in [-0.2, -0.15) is 0 Å². The van der Waals surface area contributed by atoms with E-state index in [1.165, 1.54) is 28.7 Å². The van der Waals surface area contributed by atoms with Crippen LogP contribution in [0.2, 0.25) is 0 Å². The minimum absolute atomic E-state index is 0. The molecule has 0 amide bonds. The Kier molecular flexibility index (Phi) is 8.33. The van der Waals surface area contributed by atoms with Gasteiger partial charge in [-0.05, 0) is 43.9 Å². The van der Waals surface area contributed by atoms with E-state index in [1.807, 2.05) is 7.05 Å². The molecule has 1 aliphatic heterocycles. The van der Waals surface area contributed by atoms with E-state index < -0.39 is 0 Å². The van der Waals surface area contributed by atoms with E-state index in [2.05, 4.69) is 48.1 Å². The number of aliphatic imine (C=N–C) groups is 1. The third-order valence-electron chi connectivity index (χ3n) is 4.46. The fraction of sp³-hybridized carbons (Fsp3) is 0.611. The fourth-order valence-electron chi connectivity index (χ4n) is 3.39. The zero-order valence-corrected chi connectivity index (χ0v) is 17.3. The van der Waals surface area contributed by atoms with Gasteiger partial charge in [0, 0.05) is 39.7 Å². The summed E-state index contributed by atoms with van der Waals surface area (Å²) in [7, 11) is 3.64. The number of aryl methyl sites for hydroxylation is 3. The first-order valence-corrected chi connectivity index (χ1v) is 8.06. The summed E-state index contributed by atoms with van der Waals surface area (Å²) < 4.78 is 5.27. The van der Waals surface area contributed by atoms with E-state index in [1.54, 1.807) is 7.11 Å². The number of benzene rings is 1. The number of nitrogens with one attached hydrogen (secondary N) is 1. The van der Waals surface area contributed by atoms with E-state index in [-0.39, 0.29) is 24.0 Å². The summed E-state index contributed by atoms with van der Waals surface area (Å²) in [6.45, 7) is 10.3. The third kappa shape index (κ3) is 5.35. The zero-order chi connectivity index (χ0) is 16.1. The van der Waals surface area contributed by atoms with Crippen LogP contribution in [0.4, 0.5) is 0 Å². The summed E-state index contributed by atoms with van der Waals surface area (Å²) in [4.78, 5) is 6.78. The van der Waals surface area contributed by atoms with Crippen molar-refractivity contribution in [2.75, 3.05) is 33.9 Å². The third-order valence-corrected chi connectivity index (χ3v) is 4.46. The molecule has 1 aromatic rings. The normalized spacial score (nSPS) is 18.0. The Labute approximate surface area is 157 Å². The van der Waals surface area contributed by atoms with Gasteiger partial charge in [-0.15, -0.1) is 24.0 Å². The lowest BCUT2D eigenvalue weighted by atomic mass is 10.00. The number of halogens is 1. The lowest BCUT2D eigenvalue weighted by molar-refractivity contribution is 0.157. The number of likely N-dealkylation sites (tertiary alicyclic amines) is 1. The molecule has 0 aromatic heterocycles. The molecule has 0 saturated carbocycles. The molecule has 1 aliphatic rings. The largest absolute Gasteiger partial charge is 0.384 e. The van der Waals surface area contributed by atoms with Gasteiger partial charge < -0.3 is 15.0 Å². The summed E-state index contributed by atoms with van der Waals surface area (Å²) in [5, 5.41) is 3.53. The Hall–Kier alpha value is -0.820. The average Bonchev–Trinajstić information content (AvgIpc) is 2.90. The van der Waals surface area contributed by atoms with Gasteiger partial charge in [-0.25, -0.2) is 0 Å². The maximum atomic E-state index is 5.27. The summed E-state index contributed by atoms with van der Waals surface area (Å²) >= 11 is 0. The van der Waals surface area contributed by atoms with Crippen molar-refractivity contribution in [1.82, 2.24) is 10.2 Å². The van der Waals surface area contributed by atoms with Crippen molar-refractivity contribution in [2.24, 2.45) is 10.9 Å². The maximum Gasteiger partial charge on any atom is 0.193 e. The van der Waals surface area contributed by atoms with Crippen LogP contribution >= 0.6 is 24.0 Å². The molecule has 0 aliphatic carbocycles. The number of ether oxygens (including phenoxy) is 1. The molecule has 1 aromatic carbocycles. The van der Waals surface area contributed by atoms with E-state index in [9.17, 15) is 0 Å². The Morgan fingerprint density at radius 3 is 2.52 bits per heavy atom. The number of methoxy groups -OCH3 is 1. The number of guanidine groups is 1. The molecule has 1 heterocycles. The van der Waals surface area contributed by atoms with Crippen LogP contribution in [0.15, 0.2) is 17.1 Å². The molecule has 23 heavy (non-hydrogen) atoms. The zero-order valence-electron chi connectivity index (χ0n) is 15.0. The molecule has 4 nitrogen and oxygen atoms in total. The molecule has 2 rings (SSSR count). The highest BCUT2D eigenvalue weighted by molar-refractivity contribution is 14.0. The van der Waals surface area contributed by atoms with Gasteiger partial charge in [-0.3, -0.25) is 4.99 Å². The van der Waals surface area contributed by atoms with Crippen LogP contribution in [0, 0.1) is 26.7 Å². The van der Waals surface area contributed by atoms with Gasteiger partial charge in [-0.1, -0.05) is 17.7 Å². The molecule has 1 saturated heterocycles. The van der Waals surface area contributed by atoms with Crippen molar-refractivity contribution in [2.45, 2.75) is 33.7 Å². The monoisotopic (exact) mass is 431 g/mol. The van der Waals surface area contributed by atoms with Crippen molar-refractivity contribution in [3.05, 3.63) is 34.4 Å². The molecule has 1 fully saturated rings. The van der Waals surface area contributed by atoms with Crippen LogP contribution in [-0.2, 0) is 11.3 Å². The maximum absolute atomic E-state index is 5.27. The molecule has 0 spiro atoms. The Bertz CT molecular complexity index is 522. The highest BCUT2D eigenvalue weighted by atomic mass is 127. The second-order valence-corrected chi connectivity index (χ2v) is 6.33. The summed E-state index contributed by atoms with van der Waals surface area (Å²) in [5.74, 6) is 1.62.